The van der Waals surface area contributed by atoms with E-state index in [1.165, 1.54) is 18.0 Å². The number of rotatable bonds is 4. The molecule has 1 aliphatic heterocycles. The molecule has 1 saturated heterocycles. The van der Waals surface area contributed by atoms with Crippen LogP contribution in [0.15, 0.2) is 36.5 Å². The average Bonchev–Trinajstić information content (AvgIpc) is 3.38. The fourth-order valence-corrected chi connectivity index (χ4v) is 5.31. The minimum absolute atomic E-state index is 0.0405. The Labute approximate surface area is 240 Å². The number of carbonyl (C=O) groups is 2. The van der Waals surface area contributed by atoms with Gasteiger partial charge in [-0.05, 0) is 43.2 Å². The van der Waals surface area contributed by atoms with Crippen LogP contribution in [0.25, 0.3) is 0 Å². The van der Waals surface area contributed by atoms with Crippen LogP contribution in [-0.4, -0.2) is 72.0 Å². The van der Waals surface area contributed by atoms with E-state index in [0.29, 0.717) is 17.0 Å². The van der Waals surface area contributed by atoms with Crippen molar-refractivity contribution >= 4 is 17.7 Å². The van der Waals surface area contributed by atoms with Gasteiger partial charge in [-0.25, -0.2) is 22.8 Å². The summed E-state index contributed by atoms with van der Waals surface area (Å²) < 4.78 is 121. The summed E-state index contributed by atoms with van der Waals surface area (Å²) in [6, 6.07) is 0.243. The third kappa shape index (κ3) is 7.44. The Morgan fingerprint density at radius 1 is 0.953 bits per heavy atom. The number of likely N-dealkylation sites (tertiary alicyclic amines) is 1. The van der Waals surface area contributed by atoms with Gasteiger partial charge in [-0.2, -0.15) is 26.3 Å². The summed E-state index contributed by atoms with van der Waals surface area (Å²) in [7, 11) is 2.28. The minimum Gasteiger partial charge on any atom is -0.335 e. The number of nitrogens with one attached hydrogen (secondary N) is 1. The lowest BCUT2D eigenvalue weighted by Gasteiger charge is -2.33. The molecule has 16 heteroatoms. The highest BCUT2D eigenvalue weighted by molar-refractivity contribution is 5.92. The van der Waals surface area contributed by atoms with Gasteiger partial charge in [-0.1, -0.05) is 0 Å². The van der Waals surface area contributed by atoms with Crippen LogP contribution in [0.1, 0.15) is 48.4 Å². The summed E-state index contributed by atoms with van der Waals surface area (Å²) in [4.78, 5) is 33.6. The molecule has 2 atom stereocenters. The molecule has 7 nitrogen and oxygen atoms in total. The van der Waals surface area contributed by atoms with Crippen LogP contribution in [0.3, 0.4) is 0 Å². The van der Waals surface area contributed by atoms with E-state index in [0.717, 1.165) is 24.2 Å². The minimum atomic E-state index is -5.13. The number of benzene rings is 1. The summed E-state index contributed by atoms with van der Waals surface area (Å²) in [5.41, 5.74) is -3.59. The van der Waals surface area contributed by atoms with Crippen molar-refractivity contribution in [3.05, 3.63) is 59.2 Å². The van der Waals surface area contributed by atoms with Crippen molar-refractivity contribution in [2.45, 2.75) is 62.0 Å². The third-order valence-corrected chi connectivity index (χ3v) is 7.80. The molecule has 1 aliphatic carbocycles. The van der Waals surface area contributed by atoms with E-state index in [1.54, 1.807) is 0 Å². The fraction of sp³-hybridized carbons (Fsp3) is 0.519. The van der Waals surface area contributed by atoms with Gasteiger partial charge < -0.3 is 15.1 Å². The molecule has 1 saturated carbocycles. The van der Waals surface area contributed by atoms with E-state index in [1.807, 2.05) is 0 Å². The molecule has 0 bridgehead atoms. The molecular formula is C27H28F9N5O2. The van der Waals surface area contributed by atoms with Crippen molar-refractivity contribution in [2.24, 2.45) is 0 Å². The predicted molar refractivity (Wildman–Crippen MR) is 136 cm³/mol. The zero-order valence-electron chi connectivity index (χ0n) is 22.9. The number of likely N-dealkylation sites (N-methyl/N-ethyl adjacent to an activating group) is 1. The van der Waals surface area contributed by atoms with Crippen LogP contribution in [-0.2, 0) is 12.4 Å². The van der Waals surface area contributed by atoms with E-state index in [4.69, 9.17) is 0 Å². The molecule has 2 aromatic rings. The van der Waals surface area contributed by atoms with Crippen molar-refractivity contribution in [1.29, 1.82) is 0 Å². The molecule has 4 amide bonds. The van der Waals surface area contributed by atoms with E-state index >= 15 is 0 Å². The average molecular weight is 626 g/mol. The topological polar surface area (TPSA) is 68.8 Å². The first-order valence-corrected chi connectivity index (χ1v) is 13.2. The highest BCUT2D eigenvalue weighted by Gasteiger charge is 2.43. The molecule has 2 heterocycles. The number of hydrogen-bond acceptors (Lipinski definition) is 3. The number of nitrogens with zero attached hydrogens (tertiary/aromatic N) is 4. The van der Waals surface area contributed by atoms with Gasteiger partial charge in [0, 0.05) is 63.4 Å². The van der Waals surface area contributed by atoms with Crippen LogP contribution >= 0.6 is 0 Å². The largest absolute Gasteiger partial charge is 0.416 e. The summed E-state index contributed by atoms with van der Waals surface area (Å²) in [6.07, 6.45) is -10.0. The number of urea groups is 2. The molecule has 1 aromatic carbocycles. The van der Waals surface area contributed by atoms with Crippen LogP contribution in [0.5, 0.6) is 0 Å². The van der Waals surface area contributed by atoms with Gasteiger partial charge in [0.25, 0.3) is 0 Å². The quantitative estimate of drug-likeness (QED) is 0.395. The second-order valence-electron chi connectivity index (χ2n) is 10.8. The number of carbonyl (C=O) groups excluding carboxylic acids is 2. The standard InChI is InChI=1S/C27H28F9N5O2/c1-39(19-10-15(26(31,32)33)9-16(11-19)27(34,35)36)24(43)40(2)22-14-41(13-20(22)21-4-3-17(28)12-37-21)23(42)38-18-5-7-25(29,30)8-6-18/h3-4,9-12,18,20,22H,5-8,13-14H2,1-2H3,(H,38,42)/t20-,22+/m0/s1. The van der Waals surface area contributed by atoms with Crippen LogP contribution in [0, 0.1) is 5.82 Å². The van der Waals surface area contributed by atoms with E-state index in [9.17, 15) is 49.1 Å². The monoisotopic (exact) mass is 625 g/mol. The number of amides is 4. The Morgan fingerprint density at radius 2 is 1.53 bits per heavy atom. The maximum atomic E-state index is 13.6. The number of halogens is 9. The lowest BCUT2D eigenvalue weighted by atomic mass is 9.92. The van der Waals surface area contributed by atoms with Crippen molar-refractivity contribution in [3.8, 4) is 0 Å². The maximum Gasteiger partial charge on any atom is 0.416 e. The summed E-state index contributed by atoms with van der Waals surface area (Å²) >= 11 is 0. The molecule has 2 fully saturated rings. The highest BCUT2D eigenvalue weighted by atomic mass is 19.4. The number of alkyl halides is 8. The van der Waals surface area contributed by atoms with Crippen LogP contribution in [0.4, 0.5) is 54.8 Å². The lowest BCUT2D eigenvalue weighted by molar-refractivity contribution is -0.143. The zero-order chi connectivity index (χ0) is 31.9. The Morgan fingerprint density at radius 3 is 2.05 bits per heavy atom. The Hall–Kier alpha value is -3.72. The van der Waals surface area contributed by atoms with Gasteiger partial charge in [0.2, 0.25) is 5.92 Å². The van der Waals surface area contributed by atoms with E-state index in [-0.39, 0.29) is 37.7 Å². The summed E-state index contributed by atoms with van der Waals surface area (Å²) in [5, 5.41) is 2.70. The van der Waals surface area contributed by atoms with Gasteiger partial charge in [0.15, 0.2) is 0 Å². The SMILES string of the molecule is CN(C(=O)N(C)[C@@H]1CN(C(=O)NC2CCC(F)(F)CC2)C[C@H]1c1ccc(F)cn1)c1cc(C(F)(F)F)cc(C(F)(F)F)c1. The highest BCUT2D eigenvalue weighted by Crippen LogP contribution is 2.39. The molecule has 1 N–H and O–H groups in total. The molecule has 0 spiro atoms. The van der Waals surface area contributed by atoms with Crippen molar-refractivity contribution in [1.82, 2.24) is 20.1 Å². The first-order valence-electron chi connectivity index (χ1n) is 13.2. The second-order valence-corrected chi connectivity index (χ2v) is 10.8. The number of hydrogen-bond donors (Lipinski definition) is 1. The van der Waals surface area contributed by atoms with Crippen LogP contribution < -0.4 is 10.2 Å². The van der Waals surface area contributed by atoms with Gasteiger partial charge in [0.05, 0.1) is 23.4 Å². The lowest BCUT2D eigenvalue weighted by Crippen LogP contribution is -2.49. The molecule has 0 radical (unpaired) electrons. The smallest absolute Gasteiger partial charge is 0.335 e. The molecular weight excluding hydrogens is 597 g/mol. The molecule has 2 aliphatic rings. The Kier molecular flexibility index (Phi) is 8.80. The fourth-order valence-electron chi connectivity index (χ4n) is 5.31. The Bertz CT molecular complexity index is 1290. The predicted octanol–water partition coefficient (Wildman–Crippen LogP) is 6.50. The first-order chi connectivity index (χ1) is 19.9. The van der Waals surface area contributed by atoms with E-state index < -0.39 is 83.8 Å². The first kappa shape index (κ1) is 32.2. The normalized spacial score (nSPS) is 21.0. The number of pyridine rings is 1. The van der Waals surface area contributed by atoms with Gasteiger partial charge in [-0.15, -0.1) is 0 Å². The van der Waals surface area contributed by atoms with Gasteiger partial charge in [-0.3, -0.25) is 9.88 Å². The van der Waals surface area contributed by atoms with Crippen molar-refractivity contribution in [3.63, 3.8) is 0 Å². The zero-order valence-corrected chi connectivity index (χ0v) is 22.9. The summed E-state index contributed by atoms with van der Waals surface area (Å²) in [6.45, 7) is -0.175. The van der Waals surface area contributed by atoms with Gasteiger partial charge >= 0.3 is 24.4 Å². The van der Waals surface area contributed by atoms with Crippen molar-refractivity contribution in [2.75, 3.05) is 32.1 Å². The Balaban J connectivity index is 1.58. The molecule has 43 heavy (non-hydrogen) atoms. The maximum absolute atomic E-state index is 13.6. The number of anilines is 1. The number of aromatic nitrogens is 1. The van der Waals surface area contributed by atoms with Crippen LogP contribution in [0.2, 0.25) is 0 Å². The van der Waals surface area contributed by atoms with Crippen molar-refractivity contribution < 1.29 is 49.1 Å². The molecule has 4 rings (SSSR count). The molecule has 236 valence electrons. The molecule has 1 aromatic heterocycles. The van der Waals surface area contributed by atoms with E-state index in [2.05, 4.69) is 10.3 Å². The third-order valence-electron chi connectivity index (χ3n) is 7.80. The second kappa shape index (κ2) is 11.8. The van der Waals surface area contributed by atoms with Gasteiger partial charge in [0.1, 0.15) is 5.82 Å². The summed E-state index contributed by atoms with van der Waals surface area (Å²) in [5.74, 6) is -4.19. The molecule has 0 unspecified atom stereocenters.